The maximum absolute atomic E-state index is 13.1. The van der Waals surface area contributed by atoms with Gasteiger partial charge in [-0.05, 0) is 35.1 Å². The molecule has 1 aromatic carbocycles. The normalized spacial score (nSPS) is 16.9. The van der Waals surface area contributed by atoms with Crippen LogP contribution in [0.2, 0.25) is 5.02 Å². The van der Waals surface area contributed by atoms with Crippen LogP contribution in [0.5, 0.6) is 0 Å². The van der Waals surface area contributed by atoms with E-state index >= 15 is 0 Å². The van der Waals surface area contributed by atoms with Crippen molar-refractivity contribution >= 4 is 28.7 Å². The third-order valence-corrected chi connectivity index (χ3v) is 5.30. The molecule has 0 spiro atoms. The molecule has 0 aliphatic carbocycles. The van der Waals surface area contributed by atoms with Crippen molar-refractivity contribution in [3.8, 4) is 0 Å². The zero-order chi connectivity index (χ0) is 16.6. The summed E-state index contributed by atoms with van der Waals surface area (Å²) >= 11 is 7.66. The Kier molecular flexibility index (Phi) is 4.49. The smallest absolute Gasteiger partial charge is 0.287 e. The van der Waals surface area contributed by atoms with Crippen LogP contribution in [0.4, 0.5) is 13.2 Å². The van der Waals surface area contributed by atoms with Gasteiger partial charge in [-0.25, -0.2) is 0 Å². The van der Waals surface area contributed by atoms with Crippen molar-refractivity contribution in [1.29, 1.82) is 0 Å². The Balaban J connectivity index is 2.00. The predicted molar refractivity (Wildman–Crippen MR) is 83.7 cm³/mol. The highest BCUT2D eigenvalue weighted by Crippen LogP contribution is 2.37. The van der Waals surface area contributed by atoms with E-state index in [0.717, 1.165) is 5.56 Å². The second-order valence-electron chi connectivity index (χ2n) is 5.38. The van der Waals surface area contributed by atoms with Gasteiger partial charge in [-0.1, -0.05) is 29.8 Å². The number of fused-ring (bicyclic) bond motifs is 1. The largest absolute Gasteiger partial charge is 0.452 e. The van der Waals surface area contributed by atoms with Gasteiger partial charge in [0, 0.05) is 23.0 Å². The van der Waals surface area contributed by atoms with Gasteiger partial charge in [-0.2, -0.15) is 13.2 Å². The molecule has 2 heterocycles. The highest BCUT2D eigenvalue weighted by Gasteiger charge is 2.47. The van der Waals surface area contributed by atoms with E-state index in [1.54, 1.807) is 28.4 Å². The van der Waals surface area contributed by atoms with Gasteiger partial charge in [0.05, 0.1) is 0 Å². The molecule has 0 saturated carbocycles. The summed E-state index contributed by atoms with van der Waals surface area (Å²) in [7, 11) is 0. The lowest BCUT2D eigenvalue weighted by molar-refractivity contribution is -0.177. The van der Waals surface area contributed by atoms with Gasteiger partial charge in [0.1, 0.15) is 6.04 Å². The molecule has 0 saturated heterocycles. The van der Waals surface area contributed by atoms with Crippen molar-refractivity contribution in [1.82, 2.24) is 4.90 Å². The van der Waals surface area contributed by atoms with E-state index in [2.05, 4.69) is 0 Å². The van der Waals surface area contributed by atoms with E-state index in [-0.39, 0.29) is 10.6 Å². The molecule has 0 radical (unpaired) electrons. The maximum Gasteiger partial charge on any atom is 0.452 e. The number of carbonyl (C=O) groups excluding carboxylic acids is 1. The van der Waals surface area contributed by atoms with Crippen molar-refractivity contribution < 1.29 is 18.0 Å². The Hall–Kier alpha value is -1.37. The summed E-state index contributed by atoms with van der Waals surface area (Å²) in [6.07, 6.45) is -4.27. The molecule has 1 aromatic heterocycles. The molecule has 7 heteroatoms. The number of rotatable bonds is 3. The first kappa shape index (κ1) is 16.5. The van der Waals surface area contributed by atoms with Gasteiger partial charge in [0.15, 0.2) is 0 Å². The number of nitrogens with zero attached hydrogens (tertiary/aromatic N) is 1. The molecule has 2 nitrogen and oxygen atoms in total. The van der Waals surface area contributed by atoms with Crippen LogP contribution < -0.4 is 0 Å². The number of halogens is 4. The van der Waals surface area contributed by atoms with Crippen molar-refractivity contribution in [3.63, 3.8) is 0 Å². The average molecular weight is 360 g/mol. The van der Waals surface area contributed by atoms with E-state index in [0.29, 0.717) is 19.5 Å². The molecule has 23 heavy (non-hydrogen) atoms. The first-order chi connectivity index (χ1) is 10.9. The highest BCUT2D eigenvalue weighted by atomic mass is 35.5. The Labute approximate surface area is 140 Å². The van der Waals surface area contributed by atoms with Gasteiger partial charge in [-0.15, -0.1) is 11.3 Å². The fraction of sp³-hybridized carbons (Fsp3) is 0.312. The second kappa shape index (κ2) is 6.26. The quantitative estimate of drug-likeness (QED) is 0.796. The summed E-state index contributed by atoms with van der Waals surface area (Å²) in [5.74, 6) is -1.77. The molecule has 1 unspecified atom stereocenters. The molecular formula is C16H13ClF3NOS. The number of hydrogen-bond donors (Lipinski definition) is 0. The van der Waals surface area contributed by atoms with Gasteiger partial charge in [0.2, 0.25) is 0 Å². The van der Waals surface area contributed by atoms with Gasteiger partial charge in [0.25, 0.3) is 5.78 Å². The first-order valence-corrected chi connectivity index (χ1v) is 8.28. The third-order valence-electron chi connectivity index (χ3n) is 3.93. The Morgan fingerprint density at radius 2 is 2.00 bits per heavy atom. The molecule has 0 N–H and O–H groups in total. The minimum absolute atomic E-state index is 0.172. The van der Waals surface area contributed by atoms with Crippen LogP contribution in [0, 0.1) is 0 Å². The van der Waals surface area contributed by atoms with Crippen LogP contribution in [0.15, 0.2) is 35.7 Å². The number of alkyl halides is 3. The van der Waals surface area contributed by atoms with Crippen LogP contribution in [0.25, 0.3) is 0 Å². The molecule has 122 valence electrons. The second-order valence-corrected chi connectivity index (χ2v) is 6.78. The molecule has 0 amide bonds. The number of ketones is 1. The average Bonchev–Trinajstić information content (AvgIpc) is 2.96. The first-order valence-electron chi connectivity index (χ1n) is 7.02. The van der Waals surface area contributed by atoms with Crippen LogP contribution in [-0.4, -0.2) is 23.4 Å². The fourth-order valence-electron chi connectivity index (χ4n) is 2.85. The lowest BCUT2D eigenvalue weighted by Gasteiger charge is -2.34. The molecule has 2 aromatic rings. The zero-order valence-corrected chi connectivity index (χ0v) is 13.5. The fourth-order valence-corrected chi connectivity index (χ4v) is 3.98. The zero-order valence-electron chi connectivity index (χ0n) is 11.9. The molecule has 1 aliphatic rings. The number of Topliss-reactive ketones (excluding diaryl/α,β-unsaturated/α-hetero) is 1. The summed E-state index contributed by atoms with van der Waals surface area (Å²) in [5.41, 5.74) is 1.18. The lowest BCUT2D eigenvalue weighted by atomic mass is 9.97. The standard InChI is InChI=1S/C16H13ClF3NOS/c17-12-4-2-1-3-11(12)14(15(22)16(18,19)20)21-7-5-13-10(9-21)6-8-23-13/h1-4,6,8,14H,5,7,9H2. The SMILES string of the molecule is O=C(C(c1ccccc1Cl)N1CCc2sccc2C1)C(F)(F)F. The monoisotopic (exact) mass is 359 g/mol. The molecular weight excluding hydrogens is 347 g/mol. The number of thiophene rings is 1. The number of carbonyl (C=O) groups is 1. The summed E-state index contributed by atoms with van der Waals surface area (Å²) < 4.78 is 39.3. The van der Waals surface area contributed by atoms with Crippen LogP contribution in [0.1, 0.15) is 22.0 Å². The van der Waals surface area contributed by atoms with E-state index in [1.165, 1.54) is 17.0 Å². The van der Waals surface area contributed by atoms with E-state index in [1.807, 2.05) is 11.4 Å². The van der Waals surface area contributed by atoms with Gasteiger partial charge >= 0.3 is 6.18 Å². The summed E-state index contributed by atoms with van der Waals surface area (Å²) in [6, 6.07) is 6.71. The van der Waals surface area contributed by atoms with Gasteiger partial charge in [-0.3, -0.25) is 9.69 Å². The van der Waals surface area contributed by atoms with Crippen LogP contribution in [-0.2, 0) is 17.8 Å². The minimum Gasteiger partial charge on any atom is -0.287 e. The van der Waals surface area contributed by atoms with E-state index in [4.69, 9.17) is 11.6 Å². The minimum atomic E-state index is -4.90. The Bertz CT molecular complexity index is 728. The maximum atomic E-state index is 13.1. The third kappa shape index (κ3) is 3.29. The molecule has 1 aliphatic heterocycles. The number of hydrogen-bond acceptors (Lipinski definition) is 3. The number of benzene rings is 1. The Morgan fingerprint density at radius 3 is 2.70 bits per heavy atom. The molecule has 0 bridgehead atoms. The van der Waals surface area contributed by atoms with Crippen molar-refractivity contribution in [3.05, 3.63) is 56.7 Å². The highest BCUT2D eigenvalue weighted by molar-refractivity contribution is 7.10. The summed E-state index contributed by atoms with van der Waals surface area (Å²) in [4.78, 5) is 14.8. The molecule has 0 fully saturated rings. The molecule has 3 rings (SSSR count). The van der Waals surface area contributed by atoms with E-state index in [9.17, 15) is 18.0 Å². The van der Waals surface area contributed by atoms with Gasteiger partial charge < -0.3 is 0 Å². The van der Waals surface area contributed by atoms with Crippen molar-refractivity contribution in [2.24, 2.45) is 0 Å². The summed E-state index contributed by atoms with van der Waals surface area (Å²) in [5, 5.41) is 2.09. The predicted octanol–water partition coefficient (Wildman–Crippen LogP) is 4.63. The van der Waals surface area contributed by atoms with E-state index < -0.39 is 18.0 Å². The molecule has 1 atom stereocenters. The van der Waals surface area contributed by atoms with Crippen molar-refractivity contribution in [2.45, 2.75) is 25.2 Å². The topological polar surface area (TPSA) is 20.3 Å². The van der Waals surface area contributed by atoms with Crippen LogP contribution >= 0.6 is 22.9 Å². The summed E-state index contributed by atoms with van der Waals surface area (Å²) in [6.45, 7) is 0.710. The lowest BCUT2D eigenvalue weighted by Crippen LogP contribution is -2.42. The Morgan fingerprint density at radius 1 is 1.26 bits per heavy atom. The van der Waals surface area contributed by atoms with Crippen molar-refractivity contribution in [2.75, 3.05) is 6.54 Å². The van der Waals surface area contributed by atoms with Crippen LogP contribution in [0.3, 0.4) is 0 Å².